The second-order valence-electron chi connectivity index (χ2n) is 4.90. The number of benzene rings is 1. The van der Waals surface area contributed by atoms with E-state index in [0.717, 1.165) is 32.3 Å². The van der Waals surface area contributed by atoms with Crippen LogP contribution in [0.15, 0.2) is 33.6 Å². The molecule has 1 heterocycles. The second kappa shape index (κ2) is 7.68. The van der Waals surface area contributed by atoms with E-state index in [-0.39, 0.29) is 0 Å². The molecule has 21 heavy (non-hydrogen) atoms. The van der Waals surface area contributed by atoms with E-state index >= 15 is 0 Å². The molecule has 0 saturated heterocycles. The monoisotopic (exact) mass is 387 g/mol. The van der Waals surface area contributed by atoms with E-state index in [2.05, 4.69) is 32.4 Å². The van der Waals surface area contributed by atoms with Crippen LogP contribution in [0, 0.1) is 6.92 Å². The van der Waals surface area contributed by atoms with Gasteiger partial charge in [0.05, 0.1) is 20.9 Å². The van der Waals surface area contributed by atoms with Crippen molar-refractivity contribution in [3.05, 3.63) is 45.1 Å². The number of aryl methyl sites for hydroxylation is 2. The molecule has 0 amide bonds. The highest BCUT2D eigenvalue weighted by atomic mass is 79.9. The van der Waals surface area contributed by atoms with Gasteiger partial charge in [0.15, 0.2) is 0 Å². The molecule has 1 unspecified atom stereocenters. The van der Waals surface area contributed by atoms with Gasteiger partial charge in [-0.15, -0.1) is 11.8 Å². The fraction of sp³-hybridized carbons (Fsp3) is 0.400. The van der Waals surface area contributed by atoms with Crippen LogP contribution in [0.1, 0.15) is 11.4 Å². The molecule has 3 nitrogen and oxygen atoms in total. The Balaban J connectivity index is 2.02. The smallest absolute Gasteiger partial charge is 0.0738 e. The highest BCUT2D eigenvalue weighted by Gasteiger charge is 2.16. The van der Waals surface area contributed by atoms with E-state index in [0.29, 0.717) is 6.04 Å². The number of aromatic nitrogens is 2. The average molecular weight is 389 g/mol. The van der Waals surface area contributed by atoms with Crippen LogP contribution in [-0.2, 0) is 13.5 Å². The van der Waals surface area contributed by atoms with Gasteiger partial charge in [0, 0.05) is 30.2 Å². The number of nitrogens with one attached hydrogen (secondary N) is 1. The van der Waals surface area contributed by atoms with E-state index in [1.807, 2.05) is 43.9 Å². The zero-order valence-corrected chi connectivity index (χ0v) is 15.5. The van der Waals surface area contributed by atoms with Crippen molar-refractivity contribution in [2.45, 2.75) is 24.3 Å². The Labute approximate surface area is 143 Å². The van der Waals surface area contributed by atoms with Gasteiger partial charge < -0.3 is 5.32 Å². The molecule has 0 spiro atoms. The summed E-state index contributed by atoms with van der Waals surface area (Å²) in [6.45, 7) is 2.01. The van der Waals surface area contributed by atoms with Gasteiger partial charge in [-0.1, -0.05) is 23.7 Å². The van der Waals surface area contributed by atoms with E-state index in [9.17, 15) is 0 Å². The van der Waals surface area contributed by atoms with Crippen molar-refractivity contribution in [1.29, 1.82) is 0 Å². The van der Waals surface area contributed by atoms with Crippen molar-refractivity contribution in [2.75, 3.05) is 12.8 Å². The molecule has 1 atom stereocenters. The fourth-order valence-electron chi connectivity index (χ4n) is 2.13. The van der Waals surface area contributed by atoms with Gasteiger partial charge in [-0.3, -0.25) is 4.68 Å². The van der Waals surface area contributed by atoms with Crippen LogP contribution in [0.4, 0.5) is 0 Å². The SMILES string of the molecule is CNC(CSc1ccccc1Cl)Cc1c(Br)c(C)nn1C. The van der Waals surface area contributed by atoms with Crippen molar-refractivity contribution in [3.63, 3.8) is 0 Å². The number of thioether (sulfide) groups is 1. The minimum atomic E-state index is 0.359. The lowest BCUT2D eigenvalue weighted by Gasteiger charge is -2.16. The molecule has 0 aliphatic rings. The van der Waals surface area contributed by atoms with Crippen LogP contribution in [0.5, 0.6) is 0 Å². The first-order valence-electron chi connectivity index (χ1n) is 6.75. The first-order valence-corrected chi connectivity index (χ1v) is 8.91. The zero-order chi connectivity index (χ0) is 15.4. The van der Waals surface area contributed by atoms with Gasteiger partial charge in [-0.25, -0.2) is 0 Å². The Morgan fingerprint density at radius 3 is 2.71 bits per heavy atom. The van der Waals surface area contributed by atoms with E-state index < -0.39 is 0 Å². The van der Waals surface area contributed by atoms with Crippen LogP contribution >= 0.6 is 39.3 Å². The van der Waals surface area contributed by atoms with Gasteiger partial charge in [0.1, 0.15) is 0 Å². The molecular formula is C15H19BrClN3S. The van der Waals surface area contributed by atoms with Gasteiger partial charge in [-0.05, 0) is 42.0 Å². The van der Waals surface area contributed by atoms with Gasteiger partial charge >= 0.3 is 0 Å². The van der Waals surface area contributed by atoms with E-state index in [1.165, 1.54) is 5.69 Å². The summed E-state index contributed by atoms with van der Waals surface area (Å²) in [6.07, 6.45) is 0.922. The third kappa shape index (κ3) is 4.25. The molecule has 6 heteroatoms. The number of hydrogen-bond donors (Lipinski definition) is 1. The largest absolute Gasteiger partial charge is 0.316 e. The zero-order valence-electron chi connectivity index (χ0n) is 12.4. The third-order valence-corrected chi connectivity index (χ3v) is 6.10. The maximum absolute atomic E-state index is 6.20. The first-order chi connectivity index (χ1) is 10.0. The Hall–Kier alpha value is -0.490. The molecule has 0 aliphatic heterocycles. The first kappa shape index (κ1) is 16.9. The summed E-state index contributed by atoms with van der Waals surface area (Å²) in [5, 5.41) is 8.64. The Morgan fingerprint density at radius 1 is 1.43 bits per heavy atom. The molecule has 0 saturated carbocycles. The number of nitrogens with zero attached hydrogens (tertiary/aromatic N) is 2. The van der Waals surface area contributed by atoms with Crippen molar-refractivity contribution in [2.24, 2.45) is 7.05 Å². The highest BCUT2D eigenvalue weighted by Crippen LogP contribution is 2.28. The standard InChI is InChI=1S/C15H19BrClN3S/c1-10-15(16)13(20(3)19-10)8-11(18-2)9-21-14-7-5-4-6-12(14)17/h4-7,11,18H,8-9H2,1-3H3. The summed E-state index contributed by atoms with van der Waals surface area (Å²) in [4.78, 5) is 1.12. The van der Waals surface area contributed by atoms with E-state index in [4.69, 9.17) is 11.6 Å². The third-order valence-electron chi connectivity index (χ3n) is 3.39. The number of halogens is 2. The second-order valence-corrected chi connectivity index (χ2v) is 7.16. The van der Waals surface area contributed by atoms with Crippen LogP contribution in [0.2, 0.25) is 5.02 Å². The summed E-state index contributed by atoms with van der Waals surface area (Å²) < 4.78 is 3.05. The lowest BCUT2D eigenvalue weighted by molar-refractivity contribution is 0.580. The summed E-state index contributed by atoms with van der Waals surface area (Å²) in [5.74, 6) is 0.955. The fourth-order valence-corrected chi connectivity index (χ4v) is 3.97. The quantitative estimate of drug-likeness (QED) is 0.757. The maximum atomic E-state index is 6.20. The number of rotatable bonds is 6. The Bertz CT molecular complexity index is 615. The van der Waals surface area contributed by atoms with Gasteiger partial charge in [0.2, 0.25) is 0 Å². The normalized spacial score (nSPS) is 12.6. The van der Waals surface area contributed by atoms with Gasteiger partial charge in [0.25, 0.3) is 0 Å². The molecule has 0 fully saturated rings. The predicted octanol–water partition coefficient (Wildman–Crippen LogP) is 4.07. The molecule has 1 aromatic carbocycles. The van der Waals surface area contributed by atoms with E-state index in [1.54, 1.807) is 11.8 Å². The van der Waals surface area contributed by atoms with Gasteiger partial charge in [-0.2, -0.15) is 5.10 Å². The lowest BCUT2D eigenvalue weighted by atomic mass is 10.2. The summed E-state index contributed by atoms with van der Waals surface area (Å²) >= 11 is 11.6. The van der Waals surface area contributed by atoms with Crippen LogP contribution in [0.3, 0.4) is 0 Å². The summed E-state index contributed by atoms with van der Waals surface area (Å²) in [7, 11) is 3.98. The molecule has 0 radical (unpaired) electrons. The topological polar surface area (TPSA) is 29.9 Å². The lowest BCUT2D eigenvalue weighted by Crippen LogP contribution is -2.31. The minimum absolute atomic E-state index is 0.359. The molecule has 2 rings (SSSR count). The van der Waals surface area contributed by atoms with Crippen molar-refractivity contribution in [1.82, 2.24) is 15.1 Å². The van der Waals surface area contributed by atoms with Crippen LogP contribution in [-0.4, -0.2) is 28.6 Å². The molecule has 114 valence electrons. The predicted molar refractivity (Wildman–Crippen MR) is 94.4 cm³/mol. The molecule has 1 N–H and O–H groups in total. The summed E-state index contributed by atoms with van der Waals surface area (Å²) in [6, 6.07) is 8.32. The highest BCUT2D eigenvalue weighted by molar-refractivity contribution is 9.10. The molecular weight excluding hydrogens is 370 g/mol. The molecule has 1 aromatic heterocycles. The van der Waals surface area contributed by atoms with Crippen molar-refractivity contribution in [3.8, 4) is 0 Å². The molecule has 2 aromatic rings. The molecule has 0 bridgehead atoms. The Morgan fingerprint density at radius 2 is 2.14 bits per heavy atom. The summed E-state index contributed by atoms with van der Waals surface area (Å²) in [5.41, 5.74) is 2.24. The minimum Gasteiger partial charge on any atom is -0.316 e. The van der Waals surface area contributed by atoms with Crippen molar-refractivity contribution < 1.29 is 0 Å². The Kier molecular flexibility index (Phi) is 6.17. The van der Waals surface area contributed by atoms with Crippen LogP contribution in [0.25, 0.3) is 0 Å². The van der Waals surface area contributed by atoms with Crippen LogP contribution < -0.4 is 5.32 Å². The molecule has 0 aliphatic carbocycles. The number of likely N-dealkylation sites (N-methyl/N-ethyl adjacent to an activating group) is 1. The maximum Gasteiger partial charge on any atom is 0.0738 e. The van der Waals surface area contributed by atoms with Crippen molar-refractivity contribution >= 4 is 39.3 Å². The average Bonchev–Trinajstić information content (AvgIpc) is 2.70. The number of hydrogen-bond acceptors (Lipinski definition) is 3.